The first-order valence-corrected chi connectivity index (χ1v) is 5.12. The zero-order chi connectivity index (χ0) is 13.1. The summed E-state index contributed by atoms with van der Waals surface area (Å²) < 4.78 is 41.0. The molecule has 17 heavy (non-hydrogen) atoms. The Hall–Kier alpha value is -1.08. The van der Waals surface area contributed by atoms with Crippen molar-refractivity contribution >= 4 is 17.4 Å². The monoisotopic (exact) mass is 270 g/mol. The van der Waals surface area contributed by atoms with Gasteiger partial charge in [-0.2, -0.15) is 18.3 Å². The number of ether oxygens (including phenoxy) is 1. The number of ketones is 1. The molecule has 4 nitrogen and oxygen atoms in total. The molecule has 8 heteroatoms. The number of rotatable bonds is 5. The van der Waals surface area contributed by atoms with Crippen molar-refractivity contribution in [3.05, 3.63) is 16.9 Å². The summed E-state index contributed by atoms with van der Waals surface area (Å²) in [4.78, 5) is 11.6. The van der Waals surface area contributed by atoms with Crippen LogP contribution in [0.5, 0.6) is 0 Å². The molecule has 0 aliphatic rings. The Balaban J connectivity index is 2.61. The Morgan fingerprint density at radius 3 is 2.76 bits per heavy atom. The molecule has 0 radical (unpaired) electrons. The van der Waals surface area contributed by atoms with E-state index in [-0.39, 0.29) is 10.7 Å². The summed E-state index contributed by atoms with van der Waals surface area (Å²) in [5.74, 6) is -0.626. The fourth-order valence-corrected chi connectivity index (χ4v) is 1.45. The van der Waals surface area contributed by atoms with E-state index < -0.39 is 25.2 Å². The molecule has 96 valence electrons. The topological polar surface area (TPSA) is 44.1 Å². The van der Waals surface area contributed by atoms with Crippen LogP contribution in [0.15, 0.2) is 6.20 Å². The van der Waals surface area contributed by atoms with Crippen molar-refractivity contribution < 1.29 is 22.7 Å². The molecule has 0 unspecified atom stereocenters. The first kappa shape index (κ1) is 14.0. The zero-order valence-electron chi connectivity index (χ0n) is 8.92. The molecule has 0 bridgehead atoms. The molecule has 1 rings (SSSR count). The van der Waals surface area contributed by atoms with Gasteiger partial charge in [0.15, 0.2) is 0 Å². The highest BCUT2D eigenvalue weighted by molar-refractivity contribution is 6.33. The lowest BCUT2D eigenvalue weighted by molar-refractivity contribution is -0.170. The molecule has 0 fully saturated rings. The van der Waals surface area contributed by atoms with Crippen molar-refractivity contribution in [1.82, 2.24) is 9.78 Å². The van der Waals surface area contributed by atoms with Gasteiger partial charge in [0.25, 0.3) is 0 Å². The largest absolute Gasteiger partial charge is 0.411 e. The summed E-state index contributed by atoms with van der Waals surface area (Å²) in [5, 5.41) is 3.90. The lowest BCUT2D eigenvalue weighted by Crippen LogP contribution is -2.22. The first-order valence-electron chi connectivity index (χ1n) is 4.74. The second kappa shape index (κ2) is 5.50. The molecule has 0 N–H and O–H groups in total. The highest BCUT2D eigenvalue weighted by Gasteiger charge is 2.28. The number of aromatic nitrogens is 2. The summed E-state index contributed by atoms with van der Waals surface area (Å²) in [6.07, 6.45) is -3.18. The van der Waals surface area contributed by atoms with E-state index in [0.29, 0.717) is 6.54 Å². The molecule has 0 spiro atoms. The average molecular weight is 271 g/mol. The SMILES string of the molecule is CCn1ncc(Cl)c1C(=O)COCC(F)(F)F. The number of aryl methyl sites for hydroxylation is 1. The third-order valence-electron chi connectivity index (χ3n) is 1.86. The Morgan fingerprint density at radius 2 is 2.24 bits per heavy atom. The predicted octanol–water partition coefficient (Wildman–Crippen LogP) is 2.32. The molecule has 1 aromatic heterocycles. The van der Waals surface area contributed by atoms with E-state index >= 15 is 0 Å². The van der Waals surface area contributed by atoms with Crippen molar-refractivity contribution in [3.63, 3.8) is 0 Å². The van der Waals surface area contributed by atoms with Crippen LogP contribution in [-0.4, -0.2) is 35.0 Å². The maximum atomic E-state index is 11.8. The van der Waals surface area contributed by atoms with Crippen LogP contribution in [0, 0.1) is 0 Å². The summed E-state index contributed by atoms with van der Waals surface area (Å²) in [6, 6.07) is 0. The van der Waals surface area contributed by atoms with E-state index in [2.05, 4.69) is 9.84 Å². The summed E-state index contributed by atoms with van der Waals surface area (Å²) in [5.41, 5.74) is 0.0661. The van der Waals surface area contributed by atoms with Crippen LogP contribution in [0.1, 0.15) is 17.4 Å². The van der Waals surface area contributed by atoms with Crippen LogP contribution in [0.3, 0.4) is 0 Å². The van der Waals surface area contributed by atoms with Gasteiger partial charge in [0.05, 0.1) is 11.2 Å². The second-order valence-electron chi connectivity index (χ2n) is 3.19. The van der Waals surface area contributed by atoms with E-state index in [9.17, 15) is 18.0 Å². The van der Waals surface area contributed by atoms with Crippen LogP contribution in [0.4, 0.5) is 13.2 Å². The number of hydrogen-bond donors (Lipinski definition) is 0. The quantitative estimate of drug-likeness (QED) is 0.771. The standard InChI is InChI=1S/C9H10ClF3N2O2/c1-2-15-8(6(10)3-14-15)7(16)4-17-5-9(11,12)13/h3H,2,4-5H2,1H3. The van der Waals surface area contributed by atoms with Gasteiger partial charge in [-0.25, -0.2) is 0 Å². The van der Waals surface area contributed by atoms with Crippen LogP contribution in [-0.2, 0) is 11.3 Å². The fourth-order valence-electron chi connectivity index (χ4n) is 1.21. The third kappa shape index (κ3) is 4.01. The van der Waals surface area contributed by atoms with Gasteiger partial charge in [0.2, 0.25) is 5.78 Å². The maximum Gasteiger partial charge on any atom is 0.411 e. The van der Waals surface area contributed by atoms with E-state index in [4.69, 9.17) is 11.6 Å². The molecule has 0 aliphatic carbocycles. The number of nitrogens with zero attached hydrogens (tertiary/aromatic N) is 2. The predicted molar refractivity (Wildman–Crippen MR) is 54.1 cm³/mol. The average Bonchev–Trinajstić information content (AvgIpc) is 2.57. The van der Waals surface area contributed by atoms with Crippen molar-refractivity contribution in [1.29, 1.82) is 0 Å². The third-order valence-corrected chi connectivity index (χ3v) is 2.13. The molecule has 0 amide bonds. The van der Waals surface area contributed by atoms with Gasteiger partial charge in [-0.05, 0) is 6.92 Å². The van der Waals surface area contributed by atoms with Crippen molar-refractivity contribution in [2.24, 2.45) is 0 Å². The zero-order valence-corrected chi connectivity index (χ0v) is 9.68. The van der Waals surface area contributed by atoms with Gasteiger partial charge in [-0.15, -0.1) is 0 Å². The van der Waals surface area contributed by atoms with Gasteiger partial charge in [0.1, 0.15) is 18.9 Å². The molecule has 0 saturated carbocycles. The lowest BCUT2D eigenvalue weighted by Gasteiger charge is -2.08. The summed E-state index contributed by atoms with van der Waals surface area (Å²) in [7, 11) is 0. The summed E-state index contributed by atoms with van der Waals surface area (Å²) in [6.45, 7) is -0.00864. The Morgan fingerprint density at radius 1 is 1.59 bits per heavy atom. The normalized spacial score (nSPS) is 11.8. The van der Waals surface area contributed by atoms with Crippen molar-refractivity contribution in [3.8, 4) is 0 Å². The minimum absolute atomic E-state index is 0.0661. The molecule has 0 saturated heterocycles. The number of Topliss-reactive ketones (excluding diaryl/α,β-unsaturated/α-hetero) is 1. The molecule has 1 aromatic rings. The van der Waals surface area contributed by atoms with Gasteiger partial charge in [-0.1, -0.05) is 11.6 Å². The number of hydrogen-bond acceptors (Lipinski definition) is 3. The van der Waals surface area contributed by atoms with Crippen LogP contribution >= 0.6 is 11.6 Å². The van der Waals surface area contributed by atoms with E-state index in [0.717, 1.165) is 0 Å². The van der Waals surface area contributed by atoms with Gasteiger partial charge in [0, 0.05) is 6.54 Å². The Kier molecular flexibility index (Phi) is 4.53. The minimum Gasteiger partial charge on any atom is -0.364 e. The second-order valence-corrected chi connectivity index (χ2v) is 3.60. The molecule has 1 heterocycles. The summed E-state index contributed by atoms with van der Waals surface area (Å²) >= 11 is 5.71. The molecule has 0 aliphatic heterocycles. The first-order chi connectivity index (χ1) is 7.85. The van der Waals surface area contributed by atoms with Gasteiger partial charge in [-0.3, -0.25) is 9.48 Å². The van der Waals surface area contributed by atoms with Crippen LogP contribution in [0.2, 0.25) is 5.02 Å². The Labute approximate surface area is 100 Å². The van der Waals surface area contributed by atoms with Crippen LogP contribution < -0.4 is 0 Å². The Bertz CT molecular complexity index is 403. The minimum atomic E-state index is -4.45. The van der Waals surface area contributed by atoms with Crippen molar-refractivity contribution in [2.45, 2.75) is 19.6 Å². The highest BCUT2D eigenvalue weighted by Crippen LogP contribution is 2.17. The number of carbonyl (C=O) groups is 1. The lowest BCUT2D eigenvalue weighted by atomic mass is 10.3. The molecule has 0 aromatic carbocycles. The highest BCUT2D eigenvalue weighted by atomic mass is 35.5. The van der Waals surface area contributed by atoms with Crippen LogP contribution in [0.25, 0.3) is 0 Å². The van der Waals surface area contributed by atoms with Crippen molar-refractivity contribution in [2.75, 3.05) is 13.2 Å². The maximum absolute atomic E-state index is 11.8. The smallest absolute Gasteiger partial charge is 0.364 e. The van der Waals surface area contributed by atoms with E-state index in [1.807, 2.05) is 0 Å². The molecule has 0 atom stereocenters. The van der Waals surface area contributed by atoms with E-state index in [1.54, 1.807) is 6.92 Å². The fraction of sp³-hybridized carbons (Fsp3) is 0.556. The number of halogens is 4. The van der Waals surface area contributed by atoms with Gasteiger partial charge < -0.3 is 4.74 Å². The van der Waals surface area contributed by atoms with E-state index in [1.165, 1.54) is 10.9 Å². The number of carbonyl (C=O) groups excluding carboxylic acids is 1. The molecular weight excluding hydrogens is 261 g/mol. The molecular formula is C9H10ClF3N2O2. The van der Waals surface area contributed by atoms with Gasteiger partial charge >= 0.3 is 6.18 Å². The number of alkyl halides is 3.